The maximum absolute atomic E-state index is 12.1. The van der Waals surface area contributed by atoms with Gasteiger partial charge in [0.1, 0.15) is 0 Å². The molecule has 11 nitrogen and oxygen atoms in total. The summed E-state index contributed by atoms with van der Waals surface area (Å²) in [5.41, 5.74) is 5.48. The number of carbonyl (C=O) groups is 1. The van der Waals surface area contributed by atoms with Crippen LogP contribution in [0.25, 0.3) is 10.9 Å². The van der Waals surface area contributed by atoms with E-state index in [0.717, 1.165) is 0 Å². The van der Waals surface area contributed by atoms with Gasteiger partial charge in [-0.1, -0.05) is 0 Å². The molecule has 2 aromatic rings. The van der Waals surface area contributed by atoms with Crippen molar-refractivity contribution in [2.45, 2.75) is 6.92 Å². The average molecular weight is 317 g/mol. The summed E-state index contributed by atoms with van der Waals surface area (Å²) in [5, 5.41) is 7.95. The number of rotatable bonds is 3. The van der Waals surface area contributed by atoms with Gasteiger partial charge in [-0.15, -0.1) is 9.78 Å². The number of hydrogen-bond donors (Lipinski definition) is 2. The van der Waals surface area contributed by atoms with Gasteiger partial charge < -0.3 is 15.4 Å². The normalized spacial score (nSPS) is 12.5. The van der Waals surface area contributed by atoms with Crippen LogP contribution in [-0.4, -0.2) is 37.3 Å². The van der Waals surface area contributed by atoms with E-state index in [1.54, 1.807) is 14.0 Å². The quantitative estimate of drug-likeness (QED) is 0.556. The monoisotopic (exact) mass is 317 g/mol. The van der Waals surface area contributed by atoms with Crippen molar-refractivity contribution in [2.24, 2.45) is 7.05 Å². The Morgan fingerprint density at radius 3 is 2.76 bits per heavy atom. The second-order valence-corrected chi connectivity index (χ2v) is 4.79. The molecule has 114 valence electrons. The zero-order valence-corrected chi connectivity index (χ0v) is 12.1. The summed E-state index contributed by atoms with van der Waals surface area (Å²) in [6.07, 6.45) is -1.19. The van der Waals surface area contributed by atoms with Gasteiger partial charge >= 0.3 is 19.9 Å². The first-order valence-electron chi connectivity index (χ1n) is 5.58. The van der Waals surface area contributed by atoms with Crippen LogP contribution < -0.4 is 11.3 Å². The number of fused-ring (bicyclic) bond motifs is 1. The van der Waals surface area contributed by atoms with Crippen molar-refractivity contribution < 1.29 is 23.5 Å². The van der Waals surface area contributed by atoms with Gasteiger partial charge in [0, 0.05) is 12.7 Å². The van der Waals surface area contributed by atoms with Crippen molar-refractivity contribution in [3.8, 4) is 0 Å². The van der Waals surface area contributed by atoms with E-state index in [2.05, 4.69) is 19.5 Å². The minimum absolute atomic E-state index is 0.0314. The Morgan fingerprint density at radius 2 is 2.14 bits per heavy atom. The molecule has 0 aliphatic carbocycles. The number of aromatic nitrogens is 4. The summed E-state index contributed by atoms with van der Waals surface area (Å²) < 4.78 is 20.8. The Morgan fingerprint density at radius 1 is 1.48 bits per heavy atom. The Bertz CT molecular complexity index is 796. The SMILES string of the molecule is Cc1c2c(N)nn(C(=O)OCO[PH](=O)O)c(=O)c2nn1C. The van der Waals surface area contributed by atoms with Crippen molar-refractivity contribution in [1.82, 2.24) is 19.6 Å². The molecule has 21 heavy (non-hydrogen) atoms. The molecule has 0 saturated carbocycles. The van der Waals surface area contributed by atoms with Gasteiger partial charge in [-0.05, 0) is 6.92 Å². The molecule has 0 bridgehead atoms. The van der Waals surface area contributed by atoms with E-state index in [-0.39, 0.29) is 11.3 Å². The van der Waals surface area contributed by atoms with Gasteiger partial charge in [0.2, 0.25) is 6.79 Å². The second-order valence-electron chi connectivity index (χ2n) is 3.97. The second kappa shape index (κ2) is 5.64. The van der Waals surface area contributed by atoms with Gasteiger partial charge in [-0.3, -0.25) is 18.6 Å². The molecule has 0 saturated heterocycles. The molecule has 3 N–H and O–H groups in total. The van der Waals surface area contributed by atoms with Gasteiger partial charge in [-0.25, -0.2) is 4.79 Å². The number of nitrogen functional groups attached to an aromatic ring is 1. The molecule has 1 unspecified atom stereocenters. The zero-order valence-electron chi connectivity index (χ0n) is 11.1. The lowest BCUT2D eigenvalue weighted by Gasteiger charge is -2.05. The molecule has 0 aromatic carbocycles. The molecular weight excluding hydrogens is 305 g/mol. The average Bonchev–Trinajstić information content (AvgIpc) is 2.70. The summed E-state index contributed by atoms with van der Waals surface area (Å²) in [6.45, 7) is 0.906. The number of ether oxygens (including phenoxy) is 1. The summed E-state index contributed by atoms with van der Waals surface area (Å²) in [5.74, 6) is -0.0659. The highest BCUT2D eigenvalue weighted by Gasteiger charge is 2.20. The fourth-order valence-electron chi connectivity index (χ4n) is 1.68. The highest BCUT2D eigenvalue weighted by molar-refractivity contribution is 7.32. The number of nitrogens with zero attached hydrogens (tertiary/aromatic N) is 4. The van der Waals surface area contributed by atoms with E-state index in [1.807, 2.05) is 0 Å². The van der Waals surface area contributed by atoms with E-state index in [4.69, 9.17) is 10.6 Å². The van der Waals surface area contributed by atoms with Crippen LogP contribution in [0.1, 0.15) is 5.69 Å². The third-order valence-electron chi connectivity index (χ3n) is 2.73. The number of hydrogen-bond acceptors (Lipinski definition) is 8. The predicted molar refractivity (Wildman–Crippen MR) is 71.0 cm³/mol. The van der Waals surface area contributed by atoms with Crippen LogP contribution in [0.2, 0.25) is 0 Å². The fourth-order valence-corrected chi connectivity index (χ4v) is 1.84. The van der Waals surface area contributed by atoms with E-state index in [9.17, 15) is 14.2 Å². The molecule has 2 heterocycles. The largest absolute Gasteiger partial charge is 0.440 e. The Hall–Kier alpha value is -2.23. The van der Waals surface area contributed by atoms with E-state index in [0.29, 0.717) is 15.8 Å². The number of carbonyl (C=O) groups excluding carboxylic acids is 1. The van der Waals surface area contributed by atoms with Crippen LogP contribution in [0.5, 0.6) is 0 Å². The molecule has 12 heteroatoms. The van der Waals surface area contributed by atoms with Gasteiger partial charge in [0.15, 0.2) is 11.3 Å². The van der Waals surface area contributed by atoms with Crippen molar-refractivity contribution >= 4 is 31.1 Å². The fraction of sp³-hybridized carbons (Fsp3) is 0.333. The molecule has 0 aliphatic rings. The number of nitrogens with two attached hydrogens (primary N) is 1. The van der Waals surface area contributed by atoms with Crippen LogP contribution in [0, 0.1) is 6.92 Å². The van der Waals surface area contributed by atoms with Crippen LogP contribution >= 0.6 is 8.25 Å². The first-order chi connectivity index (χ1) is 9.82. The minimum Gasteiger partial charge on any atom is -0.420 e. The van der Waals surface area contributed by atoms with E-state index < -0.39 is 26.7 Å². The van der Waals surface area contributed by atoms with Gasteiger partial charge in [-0.2, -0.15) is 5.10 Å². The number of anilines is 1. The summed E-state index contributed by atoms with van der Waals surface area (Å²) in [7, 11) is -1.63. The van der Waals surface area contributed by atoms with Gasteiger partial charge in [0.05, 0.1) is 5.39 Å². The summed E-state index contributed by atoms with van der Waals surface area (Å²) >= 11 is 0. The first-order valence-corrected chi connectivity index (χ1v) is 6.84. The number of aryl methyl sites for hydroxylation is 2. The molecule has 0 spiro atoms. The topological polar surface area (TPSA) is 152 Å². The smallest absolute Gasteiger partial charge is 0.420 e. The molecule has 0 amide bonds. The van der Waals surface area contributed by atoms with Crippen molar-refractivity contribution in [3.63, 3.8) is 0 Å². The lowest BCUT2D eigenvalue weighted by molar-refractivity contribution is 0.0562. The standard InChI is InChI=1S/C9H12N5O6P/c1-4-5-6(11-13(4)2)8(15)14(12-7(5)10)9(16)19-3-20-21(17)18/h21H,3H2,1-2H3,(H2,10,12)(H,17,18). The maximum Gasteiger partial charge on any atom is 0.440 e. The van der Waals surface area contributed by atoms with E-state index >= 15 is 0 Å². The zero-order chi connectivity index (χ0) is 15.7. The van der Waals surface area contributed by atoms with Crippen LogP contribution in [0.15, 0.2) is 4.79 Å². The Labute approximate surface area is 117 Å². The lowest BCUT2D eigenvalue weighted by atomic mass is 10.2. The molecule has 2 rings (SSSR count). The molecule has 0 radical (unpaired) electrons. The summed E-state index contributed by atoms with van der Waals surface area (Å²) in [6, 6.07) is 0. The van der Waals surface area contributed by atoms with Crippen molar-refractivity contribution in [2.75, 3.05) is 12.5 Å². The molecule has 1 atom stereocenters. The van der Waals surface area contributed by atoms with Crippen molar-refractivity contribution in [3.05, 3.63) is 16.0 Å². The highest BCUT2D eigenvalue weighted by atomic mass is 31.1. The van der Waals surface area contributed by atoms with Crippen LogP contribution in [0.3, 0.4) is 0 Å². The summed E-state index contributed by atoms with van der Waals surface area (Å²) in [4.78, 5) is 32.2. The minimum atomic E-state index is -3.24. The maximum atomic E-state index is 12.1. The predicted octanol–water partition coefficient (Wildman–Crippen LogP) is -0.639. The Balaban J connectivity index is 2.42. The lowest BCUT2D eigenvalue weighted by Crippen LogP contribution is -2.31. The highest BCUT2D eigenvalue weighted by Crippen LogP contribution is 2.18. The molecule has 0 aliphatic heterocycles. The van der Waals surface area contributed by atoms with E-state index in [1.165, 1.54) is 4.68 Å². The molecular formula is C9H12N5O6P. The third kappa shape index (κ3) is 2.79. The Kier molecular flexibility index (Phi) is 4.07. The molecule has 0 fully saturated rings. The molecule has 2 aromatic heterocycles. The third-order valence-corrected chi connectivity index (χ3v) is 3.10. The van der Waals surface area contributed by atoms with Crippen LogP contribution in [0.4, 0.5) is 10.6 Å². The first kappa shape index (κ1) is 15.2. The van der Waals surface area contributed by atoms with Gasteiger partial charge in [0.25, 0.3) is 0 Å². The van der Waals surface area contributed by atoms with Crippen LogP contribution in [-0.2, 0) is 20.9 Å². The van der Waals surface area contributed by atoms with Crippen molar-refractivity contribution in [1.29, 1.82) is 0 Å².